The van der Waals surface area contributed by atoms with Crippen LogP contribution in [-0.4, -0.2) is 23.3 Å². The maximum atomic E-state index is 14.0. The Morgan fingerprint density at radius 3 is 1.71 bits per heavy atom. The minimum Gasteiger partial charge on any atom is -0.236 e. The maximum absolute atomic E-state index is 14.0. The third-order valence-electron chi connectivity index (χ3n) is 5.95. The summed E-state index contributed by atoms with van der Waals surface area (Å²) in [7, 11) is 0. The highest BCUT2D eigenvalue weighted by atomic mass is 19.3. The van der Waals surface area contributed by atoms with Gasteiger partial charge in [0.1, 0.15) is 0 Å². The van der Waals surface area contributed by atoms with Crippen LogP contribution in [-0.2, 0) is 0 Å². The van der Waals surface area contributed by atoms with E-state index in [9.17, 15) is 26.4 Å². The number of rotatable bonds is 13. The van der Waals surface area contributed by atoms with Crippen LogP contribution in [0.4, 0.5) is 26.4 Å². The van der Waals surface area contributed by atoms with Gasteiger partial charge >= 0.3 is 12.0 Å². The molecular formula is C21H35F6N. The normalized spacial score (nSPS) is 21.7. The summed E-state index contributed by atoms with van der Waals surface area (Å²) in [6.07, 6.45) is 7.41. The molecule has 1 atom stereocenters. The van der Waals surface area contributed by atoms with E-state index in [-0.39, 0.29) is 18.0 Å². The van der Waals surface area contributed by atoms with Crippen molar-refractivity contribution in [2.45, 2.75) is 116 Å². The van der Waals surface area contributed by atoms with Crippen LogP contribution >= 0.6 is 0 Å². The Hall–Kier alpha value is -0.880. The first-order valence-electron chi connectivity index (χ1n) is 10.6. The van der Waals surface area contributed by atoms with Gasteiger partial charge in [-0.25, -0.2) is 4.39 Å². The zero-order chi connectivity index (χ0) is 21.4. The highest BCUT2D eigenvalue weighted by Crippen LogP contribution is 2.48. The number of allylic oxidation sites excluding steroid dienone is 1. The van der Waals surface area contributed by atoms with E-state index in [4.69, 9.17) is 0 Å². The van der Waals surface area contributed by atoms with E-state index in [1.807, 2.05) is 0 Å². The number of hydrogen-bond donors (Lipinski definition) is 0. The van der Waals surface area contributed by atoms with E-state index in [1.165, 1.54) is 0 Å². The third-order valence-corrected chi connectivity index (χ3v) is 5.95. The molecule has 0 saturated heterocycles. The average molecular weight is 416 g/mol. The Bertz CT molecular complexity index is 470. The van der Waals surface area contributed by atoms with Crippen LogP contribution in [0.25, 0.3) is 0 Å². The molecule has 0 N–H and O–H groups in total. The van der Waals surface area contributed by atoms with Crippen molar-refractivity contribution in [3.63, 3.8) is 0 Å². The second-order valence-electron chi connectivity index (χ2n) is 8.21. The van der Waals surface area contributed by atoms with Gasteiger partial charge in [0, 0.05) is 6.20 Å². The number of alkyl halides is 5. The average Bonchev–Trinajstić information content (AvgIpc) is 2.66. The van der Waals surface area contributed by atoms with E-state index >= 15 is 0 Å². The summed E-state index contributed by atoms with van der Waals surface area (Å²) in [5.74, 6) is -5.07. The molecule has 1 aliphatic rings. The Kier molecular flexibility index (Phi) is 9.68. The third kappa shape index (κ3) is 5.82. The fraction of sp³-hybridized carbons (Fsp3) is 0.905. The van der Waals surface area contributed by atoms with Crippen LogP contribution in [0.5, 0.6) is 0 Å². The minimum absolute atomic E-state index is 0.0604. The zero-order valence-electron chi connectivity index (χ0n) is 17.4. The van der Waals surface area contributed by atoms with Crippen molar-refractivity contribution in [3.05, 3.63) is 11.8 Å². The predicted molar refractivity (Wildman–Crippen MR) is 101 cm³/mol. The van der Waals surface area contributed by atoms with Crippen molar-refractivity contribution in [3.8, 4) is 0 Å². The highest BCUT2D eigenvalue weighted by Gasteiger charge is 2.69. The molecule has 1 rings (SSSR count). The summed E-state index contributed by atoms with van der Waals surface area (Å²) in [5, 5.41) is -1.34. The van der Waals surface area contributed by atoms with E-state index < -0.39 is 28.8 Å². The molecule has 7 heteroatoms. The van der Waals surface area contributed by atoms with Gasteiger partial charge in [0.2, 0.25) is 0 Å². The molecule has 0 aliphatic carbocycles. The molecule has 0 aromatic rings. The van der Waals surface area contributed by atoms with Gasteiger partial charge in [-0.1, -0.05) is 63.8 Å². The number of hydrogen-bond acceptors (Lipinski definition) is 1. The van der Waals surface area contributed by atoms with Gasteiger partial charge < -0.3 is 0 Å². The van der Waals surface area contributed by atoms with Gasteiger partial charge in [-0.05, 0) is 49.5 Å². The lowest BCUT2D eigenvalue weighted by atomic mass is 9.71. The Morgan fingerprint density at radius 1 is 0.857 bits per heavy atom. The minimum atomic E-state index is -5.16. The van der Waals surface area contributed by atoms with E-state index in [2.05, 4.69) is 20.8 Å². The predicted octanol–water partition coefficient (Wildman–Crippen LogP) is 8.36. The van der Waals surface area contributed by atoms with Crippen LogP contribution in [0.15, 0.2) is 11.8 Å². The number of unbranched alkanes of at least 4 members (excludes halogenated alkanes) is 3. The van der Waals surface area contributed by atoms with Crippen LogP contribution in [0.1, 0.15) is 97.8 Å². The summed E-state index contributed by atoms with van der Waals surface area (Å²) in [4.78, 5) is 0. The van der Waals surface area contributed by atoms with Crippen LogP contribution in [0.2, 0.25) is 0 Å². The first-order valence-corrected chi connectivity index (χ1v) is 10.6. The quantitative estimate of drug-likeness (QED) is 0.166. The second kappa shape index (κ2) is 10.8. The lowest BCUT2D eigenvalue weighted by Gasteiger charge is -2.38. The van der Waals surface area contributed by atoms with Crippen molar-refractivity contribution < 1.29 is 26.4 Å². The van der Waals surface area contributed by atoms with Gasteiger partial charge in [0.15, 0.2) is 6.17 Å². The molecule has 0 spiro atoms. The Balaban J connectivity index is 2.86. The summed E-state index contributed by atoms with van der Waals surface area (Å²) in [6.45, 7) is 6.34. The topological polar surface area (TPSA) is 3.24 Å². The Morgan fingerprint density at radius 2 is 1.29 bits per heavy atom. The Labute approximate surface area is 165 Å². The molecule has 1 heterocycles. The molecule has 0 fully saturated rings. The van der Waals surface area contributed by atoms with Crippen molar-refractivity contribution in [2.75, 3.05) is 0 Å². The lowest BCUT2D eigenvalue weighted by Crippen LogP contribution is -2.57. The van der Waals surface area contributed by atoms with Crippen LogP contribution < -0.4 is 0 Å². The monoisotopic (exact) mass is 415 g/mol. The lowest BCUT2D eigenvalue weighted by molar-refractivity contribution is -0.338. The summed E-state index contributed by atoms with van der Waals surface area (Å²) in [6, 6.07) is -5.16. The van der Waals surface area contributed by atoms with Crippen LogP contribution in [0.3, 0.4) is 0 Å². The van der Waals surface area contributed by atoms with Gasteiger partial charge in [-0.2, -0.15) is 17.6 Å². The fourth-order valence-electron chi connectivity index (χ4n) is 4.08. The van der Waals surface area contributed by atoms with Crippen LogP contribution in [0, 0.1) is 5.41 Å². The molecule has 0 saturated carbocycles. The number of halogens is 6. The molecule has 0 radical (unpaired) electrons. The molecular weight excluding hydrogens is 380 g/mol. The van der Waals surface area contributed by atoms with E-state index in [1.54, 1.807) is 0 Å². The van der Waals surface area contributed by atoms with E-state index in [0.717, 1.165) is 57.8 Å². The molecule has 0 aromatic carbocycles. The first-order chi connectivity index (χ1) is 13.1. The first kappa shape index (κ1) is 25.2. The molecule has 0 amide bonds. The summed E-state index contributed by atoms with van der Waals surface area (Å²) in [5.41, 5.74) is -0.529. The molecule has 28 heavy (non-hydrogen) atoms. The fourth-order valence-corrected chi connectivity index (χ4v) is 4.08. The highest BCUT2D eigenvalue weighted by molar-refractivity contribution is 5.19. The van der Waals surface area contributed by atoms with E-state index in [0.29, 0.717) is 12.8 Å². The molecule has 166 valence electrons. The van der Waals surface area contributed by atoms with Crippen molar-refractivity contribution in [2.24, 2.45) is 5.41 Å². The van der Waals surface area contributed by atoms with Gasteiger partial charge in [-0.15, -0.1) is 5.12 Å². The molecule has 1 aliphatic heterocycles. The largest absolute Gasteiger partial charge is 0.416 e. The van der Waals surface area contributed by atoms with Crippen molar-refractivity contribution >= 4 is 0 Å². The molecule has 0 aromatic heterocycles. The zero-order valence-corrected chi connectivity index (χ0v) is 17.4. The molecule has 0 bridgehead atoms. The summed E-state index contributed by atoms with van der Waals surface area (Å²) < 4.78 is 81.1. The number of nitrogens with zero attached hydrogens (tertiary/aromatic N) is 1. The van der Waals surface area contributed by atoms with Crippen molar-refractivity contribution in [1.29, 1.82) is 0 Å². The molecule has 1 unspecified atom stereocenters. The standard InChI is InChI=1S/C21H35F6N/c1-4-7-12-19(13-8-5-2,14-9-6-3)15-10-11-17-16-28(27)21(25,26)20(23,24)18(17)22/h16,18H,4-15H2,1-3H3. The van der Waals surface area contributed by atoms with Gasteiger partial charge in [0.25, 0.3) is 0 Å². The summed E-state index contributed by atoms with van der Waals surface area (Å²) >= 11 is 0. The maximum Gasteiger partial charge on any atom is 0.416 e. The van der Waals surface area contributed by atoms with Crippen molar-refractivity contribution in [1.82, 2.24) is 5.12 Å². The SMILES string of the molecule is CCCCC(CCCC)(CCCC)CCCC1=CN(F)C(F)(F)C(F)(F)C1F. The smallest absolute Gasteiger partial charge is 0.236 e. The van der Waals surface area contributed by atoms with Gasteiger partial charge in [0.05, 0.1) is 0 Å². The van der Waals surface area contributed by atoms with Gasteiger partial charge in [-0.3, -0.25) is 0 Å². The molecule has 1 nitrogen and oxygen atoms in total. The second-order valence-corrected chi connectivity index (χ2v) is 8.21.